The van der Waals surface area contributed by atoms with Crippen molar-refractivity contribution in [2.45, 2.75) is 12.5 Å². The molecule has 12 heavy (non-hydrogen) atoms. The Labute approximate surface area is 73.0 Å². The van der Waals surface area contributed by atoms with Crippen molar-refractivity contribution in [3.8, 4) is 0 Å². The number of thioether (sulfide) groups is 1. The molecule has 6 heteroatoms. The van der Waals surface area contributed by atoms with Crippen LogP contribution in [0.15, 0.2) is 11.3 Å². The van der Waals surface area contributed by atoms with Crippen LogP contribution in [0.1, 0.15) is 6.92 Å². The summed E-state index contributed by atoms with van der Waals surface area (Å²) in [6.07, 6.45) is 0. The normalized spacial score (nSPS) is 28.3. The first-order valence-electron chi connectivity index (χ1n) is 3.18. The quantitative estimate of drug-likeness (QED) is 0.331. The molecule has 0 aromatic carbocycles. The molecule has 5 nitrogen and oxygen atoms in total. The zero-order valence-corrected chi connectivity index (χ0v) is 7.14. The number of carbonyl (C=O) groups excluding carboxylic acids is 2. The van der Waals surface area contributed by atoms with Gasteiger partial charge in [-0.1, -0.05) is 0 Å². The lowest BCUT2D eigenvalue weighted by Gasteiger charge is -2.19. The summed E-state index contributed by atoms with van der Waals surface area (Å²) >= 11 is 0.628. The van der Waals surface area contributed by atoms with E-state index in [1.54, 1.807) is 0 Å². The zero-order chi connectivity index (χ0) is 9.30. The van der Waals surface area contributed by atoms with Gasteiger partial charge < -0.3 is 16.2 Å². The predicted molar refractivity (Wildman–Crippen MR) is 43.6 cm³/mol. The Balaban J connectivity index is 2.97. The molecule has 0 radical (unpaired) electrons. The lowest BCUT2D eigenvalue weighted by Crippen LogP contribution is -2.41. The van der Waals surface area contributed by atoms with Gasteiger partial charge in [-0.05, 0) is 18.7 Å². The number of amides is 1. The second-order valence-corrected chi connectivity index (χ2v) is 3.34. The first-order chi connectivity index (χ1) is 5.52. The van der Waals surface area contributed by atoms with E-state index < -0.39 is 16.6 Å². The minimum atomic E-state index is -1.16. The van der Waals surface area contributed by atoms with Crippen LogP contribution < -0.4 is 11.1 Å². The van der Waals surface area contributed by atoms with E-state index in [1.165, 1.54) is 6.92 Å². The maximum absolute atomic E-state index is 11.1. The maximum atomic E-state index is 11.1. The minimum absolute atomic E-state index is 0.0784. The second kappa shape index (κ2) is 3.16. The number of hydrogen-bond acceptors (Lipinski definition) is 5. The van der Waals surface area contributed by atoms with Gasteiger partial charge in [0.2, 0.25) is 5.12 Å². The number of nitrogens with two attached hydrogens (primary N) is 1. The van der Waals surface area contributed by atoms with Crippen LogP contribution in [0, 0.1) is 0 Å². The smallest absolute Gasteiger partial charge is 0.260 e. The van der Waals surface area contributed by atoms with Crippen molar-refractivity contribution in [1.82, 2.24) is 5.32 Å². The standard InChI is InChI=1S/C6H8N2O3S/c1-2(7)3-4(9)8-6(11)12-5(3)10/h6,11H,7H2,1H3,(H,8,9). The molecule has 1 atom stereocenters. The molecule has 1 fully saturated rings. The molecule has 0 saturated carbocycles. The first-order valence-corrected chi connectivity index (χ1v) is 4.06. The molecule has 1 heterocycles. The summed E-state index contributed by atoms with van der Waals surface area (Å²) in [4.78, 5) is 22.1. The van der Waals surface area contributed by atoms with Gasteiger partial charge in [-0.2, -0.15) is 0 Å². The van der Waals surface area contributed by atoms with Crippen molar-refractivity contribution < 1.29 is 14.7 Å². The molecule has 0 spiro atoms. The van der Waals surface area contributed by atoms with Gasteiger partial charge in [0.1, 0.15) is 5.57 Å². The second-order valence-electron chi connectivity index (χ2n) is 2.29. The van der Waals surface area contributed by atoms with Gasteiger partial charge in [0, 0.05) is 5.70 Å². The van der Waals surface area contributed by atoms with Crippen molar-refractivity contribution in [2.24, 2.45) is 5.73 Å². The fourth-order valence-electron chi connectivity index (χ4n) is 0.807. The summed E-state index contributed by atoms with van der Waals surface area (Å²) in [5.74, 6) is -0.619. The molecule has 1 saturated heterocycles. The molecular weight excluding hydrogens is 180 g/mol. The first kappa shape index (κ1) is 9.08. The van der Waals surface area contributed by atoms with Crippen LogP contribution in [0.5, 0.6) is 0 Å². The van der Waals surface area contributed by atoms with Gasteiger partial charge in [0.05, 0.1) is 0 Å². The Kier molecular flexibility index (Phi) is 2.39. The third-order valence-electron chi connectivity index (χ3n) is 1.30. The average Bonchev–Trinajstić information content (AvgIpc) is 1.82. The fraction of sp³-hybridized carbons (Fsp3) is 0.333. The molecule has 0 aromatic rings. The molecule has 0 bridgehead atoms. The van der Waals surface area contributed by atoms with E-state index in [2.05, 4.69) is 5.32 Å². The van der Waals surface area contributed by atoms with Gasteiger partial charge in [-0.15, -0.1) is 0 Å². The number of allylic oxidation sites excluding steroid dienone is 1. The molecule has 1 rings (SSSR count). The van der Waals surface area contributed by atoms with Crippen LogP contribution in [0.25, 0.3) is 0 Å². The number of carbonyl (C=O) groups is 2. The highest BCUT2D eigenvalue weighted by molar-refractivity contribution is 8.14. The summed E-state index contributed by atoms with van der Waals surface area (Å²) in [6.45, 7) is 1.46. The number of hydrogen-bond donors (Lipinski definition) is 3. The number of nitrogens with one attached hydrogen (secondary N) is 1. The topological polar surface area (TPSA) is 92.4 Å². The average molecular weight is 188 g/mol. The summed E-state index contributed by atoms with van der Waals surface area (Å²) in [6, 6.07) is 0. The van der Waals surface area contributed by atoms with E-state index in [0.717, 1.165) is 0 Å². The molecule has 1 aliphatic rings. The molecule has 1 amide bonds. The Morgan fingerprint density at radius 3 is 2.67 bits per heavy atom. The fourth-order valence-corrected chi connectivity index (χ4v) is 1.55. The molecule has 1 aliphatic heterocycles. The summed E-state index contributed by atoms with van der Waals surface area (Å²) in [5, 5.41) is 10.6. The Bertz CT molecular complexity index is 250. The summed E-state index contributed by atoms with van der Waals surface area (Å²) in [7, 11) is 0. The molecule has 1 unspecified atom stereocenters. The van der Waals surface area contributed by atoms with Crippen molar-refractivity contribution in [2.75, 3.05) is 0 Å². The Morgan fingerprint density at radius 1 is 1.67 bits per heavy atom. The number of aliphatic hydroxyl groups is 1. The molecule has 66 valence electrons. The van der Waals surface area contributed by atoms with E-state index in [1.807, 2.05) is 0 Å². The SMILES string of the molecule is CC(N)=C1C(=O)NC(O)SC1=O. The lowest BCUT2D eigenvalue weighted by molar-refractivity contribution is -0.122. The van der Waals surface area contributed by atoms with Crippen molar-refractivity contribution in [3.05, 3.63) is 11.3 Å². The Morgan fingerprint density at radius 2 is 2.25 bits per heavy atom. The van der Waals surface area contributed by atoms with Gasteiger partial charge in [0.25, 0.3) is 5.91 Å². The van der Waals surface area contributed by atoms with E-state index >= 15 is 0 Å². The number of aliphatic hydroxyl groups excluding tert-OH is 1. The van der Waals surface area contributed by atoms with E-state index in [0.29, 0.717) is 11.8 Å². The highest BCUT2D eigenvalue weighted by Crippen LogP contribution is 2.20. The van der Waals surface area contributed by atoms with Crippen molar-refractivity contribution >= 4 is 22.8 Å². The molecule has 0 aliphatic carbocycles. The lowest BCUT2D eigenvalue weighted by atomic mass is 10.2. The highest BCUT2D eigenvalue weighted by Gasteiger charge is 2.30. The Hall–Kier alpha value is -1.01. The maximum Gasteiger partial charge on any atom is 0.260 e. The van der Waals surface area contributed by atoms with Crippen LogP contribution in [0.2, 0.25) is 0 Å². The summed E-state index contributed by atoms with van der Waals surface area (Å²) in [5.41, 5.74) is 4.22. The molecule has 0 aromatic heterocycles. The van der Waals surface area contributed by atoms with E-state index in [4.69, 9.17) is 10.8 Å². The third-order valence-corrected chi connectivity index (χ3v) is 2.06. The third kappa shape index (κ3) is 1.59. The monoisotopic (exact) mass is 188 g/mol. The van der Waals surface area contributed by atoms with Crippen molar-refractivity contribution in [1.29, 1.82) is 0 Å². The minimum Gasteiger partial charge on any atom is -0.401 e. The van der Waals surface area contributed by atoms with Crippen LogP contribution >= 0.6 is 11.8 Å². The van der Waals surface area contributed by atoms with Gasteiger partial charge in [-0.25, -0.2) is 0 Å². The van der Waals surface area contributed by atoms with Crippen LogP contribution in [-0.2, 0) is 9.59 Å². The van der Waals surface area contributed by atoms with E-state index in [-0.39, 0.29) is 11.3 Å². The zero-order valence-electron chi connectivity index (χ0n) is 6.33. The highest BCUT2D eigenvalue weighted by atomic mass is 32.2. The predicted octanol–water partition coefficient (Wildman–Crippen LogP) is -1.12. The van der Waals surface area contributed by atoms with Crippen LogP contribution in [0.3, 0.4) is 0 Å². The van der Waals surface area contributed by atoms with E-state index in [9.17, 15) is 9.59 Å². The molecule has 4 N–H and O–H groups in total. The number of rotatable bonds is 0. The van der Waals surface area contributed by atoms with Crippen LogP contribution in [-0.4, -0.2) is 21.7 Å². The van der Waals surface area contributed by atoms with Crippen LogP contribution in [0.4, 0.5) is 0 Å². The van der Waals surface area contributed by atoms with Gasteiger partial charge >= 0.3 is 0 Å². The van der Waals surface area contributed by atoms with Gasteiger partial charge in [-0.3, -0.25) is 9.59 Å². The summed E-state index contributed by atoms with van der Waals surface area (Å²) < 4.78 is 0. The van der Waals surface area contributed by atoms with Crippen molar-refractivity contribution in [3.63, 3.8) is 0 Å². The largest absolute Gasteiger partial charge is 0.401 e. The van der Waals surface area contributed by atoms with Gasteiger partial charge in [0.15, 0.2) is 5.56 Å². The molecular formula is C6H8N2O3S.